The van der Waals surface area contributed by atoms with Crippen molar-refractivity contribution >= 4 is 11.9 Å². The predicted molar refractivity (Wildman–Crippen MR) is 225 cm³/mol. The summed E-state index contributed by atoms with van der Waals surface area (Å²) < 4.78 is 0. The van der Waals surface area contributed by atoms with Crippen LogP contribution >= 0.6 is 0 Å². The number of hydrogen-bond acceptors (Lipinski definition) is 2. The molecule has 51 heavy (non-hydrogen) atoms. The Balaban J connectivity index is -0.000000545. The summed E-state index contributed by atoms with van der Waals surface area (Å²) in [4.78, 5) is 18.9. The molecule has 0 spiro atoms. The van der Waals surface area contributed by atoms with Gasteiger partial charge in [-0.05, 0) is 82.3 Å². The summed E-state index contributed by atoms with van der Waals surface area (Å²) in [6.45, 7) is 16.2. The Morgan fingerprint density at radius 1 is 0.608 bits per heavy atom. The molecule has 292 valence electrons. The summed E-state index contributed by atoms with van der Waals surface area (Å²) in [6.07, 6.45) is 32.2. The molecular weight excluding hydrogens is 629 g/mol. The van der Waals surface area contributed by atoms with Gasteiger partial charge in [0.2, 0.25) is 0 Å². The van der Waals surface area contributed by atoms with Crippen molar-refractivity contribution in [2.75, 3.05) is 0 Å². The van der Waals surface area contributed by atoms with Gasteiger partial charge in [0.25, 0.3) is 5.97 Å². The summed E-state index contributed by atoms with van der Waals surface area (Å²) in [5.74, 6) is 0.550. The minimum Gasteiger partial charge on any atom is -0.481 e. The maximum absolute atomic E-state index is 9.94. The topological polar surface area (TPSA) is 74.6 Å². The number of aryl methyl sites for hydroxylation is 2. The minimum atomic E-state index is -0.833. The van der Waals surface area contributed by atoms with Crippen LogP contribution in [0.5, 0.6) is 0 Å². The Hall–Kier alpha value is -3.14. The monoisotopic (exact) mass is 709 g/mol. The molecule has 4 rings (SSSR count). The molecule has 2 aromatic carbocycles. The summed E-state index contributed by atoms with van der Waals surface area (Å²) >= 11 is 0. The van der Waals surface area contributed by atoms with Gasteiger partial charge in [-0.25, -0.2) is 0 Å². The van der Waals surface area contributed by atoms with Crippen LogP contribution < -0.4 is 0 Å². The highest BCUT2D eigenvalue weighted by molar-refractivity contribution is 5.66. The van der Waals surface area contributed by atoms with Crippen molar-refractivity contribution in [2.24, 2.45) is 11.8 Å². The standard InChI is InChI=1S/2C11H16.C7H12O2.2C6H12.C4H8.C2H4O2/c2*1-2-3-5-8-11-9-6-4-7-10-11;1-2-3-4-5-6-7(8)9;2*1-6-4-2-3-5-6;1-3-4-2;1-2(3)4/h2*4,6-7,9-10H,2-3,5,8H2,1H3;2-3H,4-6H2,1H3,(H,8,9);2*6H,2-5H2,1H3;3-4H,1-2H3;1H3,(H,3,4)/b;;3-2+;;;4-3+;. The summed E-state index contributed by atoms with van der Waals surface area (Å²) in [5, 5.41) is 15.6. The lowest BCUT2D eigenvalue weighted by Crippen LogP contribution is -1.92. The first-order chi connectivity index (χ1) is 24.6. The second-order valence-electron chi connectivity index (χ2n) is 13.7. The predicted octanol–water partition coefficient (Wildman–Crippen LogP) is 14.7. The van der Waals surface area contributed by atoms with Crippen molar-refractivity contribution in [3.05, 3.63) is 96.1 Å². The van der Waals surface area contributed by atoms with Crippen LogP contribution in [-0.2, 0) is 22.4 Å². The van der Waals surface area contributed by atoms with Crippen molar-refractivity contribution in [3.8, 4) is 0 Å². The van der Waals surface area contributed by atoms with Crippen molar-refractivity contribution in [1.82, 2.24) is 0 Å². The van der Waals surface area contributed by atoms with E-state index in [0.717, 1.165) is 31.6 Å². The third kappa shape index (κ3) is 49.0. The van der Waals surface area contributed by atoms with Gasteiger partial charge in [-0.1, -0.05) is 190 Å². The first kappa shape index (κ1) is 52.2. The quantitative estimate of drug-likeness (QED) is 0.170. The van der Waals surface area contributed by atoms with E-state index in [1.54, 1.807) is 0 Å². The van der Waals surface area contributed by atoms with E-state index in [1.165, 1.54) is 114 Å². The molecule has 2 saturated carbocycles. The third-order valence-corrected chi connectivity index (χ3v) is 8.44. The zero-order valence-corrected chi connectivity index (χ0v) is 34.4. The number of unbranched alkanes of at least 4 members (excludes halogenated alkanes) is 5. The fraction of sp³-hybridized carbons (Fsp3) is 0.617. The molecule has 0 saturated heterocycles. The highest BCUT2D eigenvalue weighted by atomic mass is 16.4. The lowest BCUT2D eigenvalue weighted by molar-refractivity contribution is -0.137. The minimum absolute atomic E-state index is 0.282. The zero-order chi connectivity index (χ0) is 38.8. The van der Waals surface area contributed by atoms with E-state index < -0.39 is 11.9 Å². The summed E-state index contributed by atoms with van der Waals surface area (Å²) in [7, 11) is 0. The molecule has 2 N–H and O–H groups in total. The SMILES string of the molecule is C/C=C/C.C/C=C/CCCC(=O)O.CC(=O)O.CC1CCCC1.CC1CCCC1.CCCCCc1ccccc1.CCCCCc1ccccc1. The third-order valence-electron chi connectivity index (χ3n) is 8.44. The molecule has 4 nitrogen and oxygen atoms in total. The summed E-state index contributed by atoms with van der Waals surface area (Å²) in [5.41, 5.74) is 2.95. The van der Waals surface area contributed by atoms with E-state index in [4.69, 9.17) is 15.0 Å². The van der Waals surface area contributed by atoms with E-state index in [9.17, 15) is 4.79 Å². The molecule has 0 heterocycles. The molecule has 0 unspecified atom stereocenters. The van der Waals surface area contributed by atoms with Gasteiger partial charge in [0.1, 0.15) is 0 Å². The summed E-state index contributed by atoms with van der Waals surface area (Å²) in [6, 6.07) is 21.4. The number of aliphatic carboxylic acids is 2. The van der Waals surface area contributed by atoms with E-state index in [-0.39, 0.29) is 6.42 Å². The van der Waals surface area contributed by atoms with Crippen LogP contribution in [0.15, 0.2) is 85.0 Å². The van der Waals surface area contributed by atoms with E-state index >= 15 is 0 Å². The smallest absolute Gasteiger partial charge is 0.303 e. The molecular formula is C47H80O4. The number of benzene rings is 2. The Labute approximate surface area is 316 Å². The molecule has 0 radical (unpaired) electrons. The highest BCUT2D eigenvalue weighted by Crippen LogP contribution is 2.23. The molecule has 2 fully saturated rings. The van der Waals surface area contributed by atoms with Crippen LogP contribution in [0.3, 0.4) is 0 Å². The van der Waals surface area contributed by atoms with Gasteiger partial charge >= 0.3 is 5.97 Å². The van der Waals surface area contributed by atoms with Gasteiger partial charge in [-0.2, -0.15) is 0 Å². The Kier molecular flexibility index (Phi) is 44.1. The van der Waals surface area contributed by atoms with Gasteiger partial charge in [0.15, 0.2) is 0 Å². The van der Waals surface area contributed by atoms with E-state index in [2.05, 4.69) is 88.4 Å². The highest BCUT2D eigenvalue weighted by Gasteiger charge is 2.08. The number of carboxylic acid groups (broad SMARTS) is 2. The second kappa shape index (κ2) is 43.0. The molecule has 2 aromatic rings. The zero-order valence-electron chi connectivity index (χ0n) is 34.4. The number of carboxylic acids is 2. The maximum atomic E-state index is 9.94. The van der Waals surface area contributed by atoms with Crippen molar-refractivity contribution in [3.63, 3.8) is 0 Å². The fourth-order valence-electron chi connectivity index (χ4n) is 5.25. The lowest BCUT2D eigenvalue weighted by Gasteiger charge is -1.98. The number of allylic oxidation sites excluding steroid dienone is 4. The Bertz CT molecular complexity index is 949. The van der Waals surface area contributed by atoms with Gasteiger partial charge in [-0.3, -0.25) is 9.59 Å². The van der Waals surface area contributed by atoms with Crippen LogP contribution in [-0.4, -0.2) is 22.2 Å². The van der Waals surface area contributed by atoms with Gasteiger partial charge < -0.3 is 10.2 Å². The Morgan fingerprint density at radius 2 is 0.961 bits per heavy atom. The van der Waals surface area contributed by atoms with E-state index in [0.29, 0.717) is 0 Å². The number of rotatable bonds is 12. The molecule has 0 amide bonds. The maximum Gasteiger partial charge on any atom is 0.303 e. The Morgan fingerprint density at radius 3 is 1.20 bits per heavy atom. The van der Waals surface area contributed by atoms with Crippen LogP contribution in [0.4, 0.5) is 0 Å². The van der Waals surface area contributed by atoms with Crippen LogP contribution in [0.2, 0.25) is 0 Å². The molecule has 2 aliphatic rings. The van der Waals surface area contributed by atoms with Gasteiger partial charge in [0.05, 0.1) is 0 Å². The van der Waals surface area contributed by atoms with Crippen LogP contribution in [0, 0.1) is 11.8 Å². The molecule has 0 aliphatic heterocycles. The average Bonchev–Trinajstić information content (AvgIpc) is 3.82. The first-order valence-corrected chi connectivity index (χ1v) is 20.2. The van der Waals surface area contributed by atoms with Crippen molar-refractivity contribution in [1.29, 1.82) is 0 Å². The molecule has 0 atom stereocenters. The second-order valence-corrected chi connectivity index (χ2v) is 13.7. The van der Waals surface area contributed by atoms with Gasteiger partial charge in [0, 0.05) is 13.3 Å². The largest absolute Gasteiger partial charge is 0.481 e. The molecule has 0 aromatic heterocycles. The fourth-order valence-corrected chi connectivity index (χ4v) is 5.25. The average molecular weight is 709 g/mol. The normalized spacial score (nSPS) is 13.3. The van der Waals surface area contributed by atoms with Crippen LogP contribution in [0.1, 0.15) is 176 Å². The van der Waals surface area contributed by atoms with Gasteiger partial charge in [-0.15, -0.1) is 0 Å². The van der Waals surface area contributed by atoms with E-state index in [1.807, 2.05) is 45.1 Å². The van der Waals surface area contributed by atoms with Crippen molar-refractivity contribution in [2.45, 2.75) is 177 Å². The number of carbonyl (C=O) groups is 2. The molecule has 4 heteroatoms. The van der Waals surface area contributed by atoms with Crippen LogP contribution in [0.25, 0.3) is 0 Å². The molecule has 2 aliphatic carbocycles. The lowest BCUT2D eigenvalue weighted by atomic mass is 10.1. The molecule has 0 bridgehead atoms. The first-order valence-electron chi connectivity index (χ1n) is 20.2. The number of hydrogen-bond donors (Lipinski definition) is 2. The van der Waals surface area contributed by atoms with Crippen molar-refractivity contribution < 1.29 is 19.8 Å².